The Balaban J connectivity index is 1.63. The number of thiophene rings is 1. The molecular formula is C23H20N4O3S. The molecule has 0 saturated heterocycles. The van der Waals surface area contributed by atoms with Crippen LogP contribution in [0.4, 0.5) is 11.5 Å². The quantitative estimate of drug-likeness (QED) is 0.413. The molecule has 8 heteroatoms. The number of aryl methyl sites for hydroxylation is 2. The predicted octanol–water partition coefficient (Wildman–Crippen LogP) is 4.53. The second kappa shape index (κ2) is 8.53. The fourth-order valence-electron chi connectivity index (χ4n) is 3.19. The first kappa shape index (κ1) is 20.5. The standard InChI is InChI=1S/C23H20N4O3S/c1-13-3-4-16(9-14(13)2)18-11-31-23-20(18)21(25-12-26-23)27-17-7-5-15(6-8-17)22(30)24-10-19(28)29/h3-9,11-12H,10H2,1-2H3,(H,24,30)(H,28,29)(H,25,26,27). The fraction of sp³-hybridized carbons (Fsp3) is 0.130. The highest BCUT2D eigenvalue weighted by molar-refractivity contribution is 7.17. The molecule has 1 amide bonds. The lowest BCUT2D eigenvalue weighted by Crippen LogP contribution is -2.29. The van der Waals surface area contributed by atoms with Crippen molar-refractivity contribution in [2.45, 2.75) is 13.8 Å². The van der Waals surface area contributed by atoms with Gasteiger partial charge in [-0.05, 0) is 54.8 Å². The number of carboxylic acids is 1. The molecule has 2 aromatic carbocycles. The summed E-state index contributed by atoms with van der Waals surface area (Å²) in [4.78, 5) is 32.3. The Labute approximate surface area is 182 Å². The smallest absolute Gasteiger partial charge is 0.322 e. The summed E-state index contributed by atoms with van der Waals surface area (Å²) < 4.78 is 0. The molecule has 2 heterocycles. The van der Waals surface area contributed by atoms with Crippen molar-refractivity contribution in [1.29, 1.82) is 0 Å². The molecule has 0 saturated carbocycles. The van der Waals surface area contributed by atoms with Crippen molar-refractivity contribution in [3.8, 4) is 11.1 Å². The van der Waals surface area contributed by atoms with Gasteiger partial charge < -0.3 is 15.7 Å². The molecule has 4 rings (SSSR count). The first-order valence-electron chi connectivity index (χ1n) is 9.59. The third kappa shape index (κ3) is 4.39. The summed E-state index contributed by atoms with van der Waals surface area (Å²) in [6.45, 7) is 3.76. The van der Waals surface area contributed by atoms with E-state index in [1.54, 1.807) is 35.6 Å². The zero-order valence-corrected chi connectivity index (χ0v) is 17.8. The van der Waals surface area contributed by atoms with Gasteiger partial charge in [0.05, 0.1) is 5.39 Å². The molecule has 31 heavy (non-hydrogen) atoms. The van der Waals surface area contributed by atoms with Crippen LogP contribution < -0.4 is 10.6 Å². The molecule has 0 fully saturated rings. The normalized spacial score (nSPS) is 10.8. The monoisotopic (exact) mass is 432 g/mol. The van der Waals surface area contributed by atoms with E-state index in [0.717, 1.165) is 27.0 Å². The molecule has 4 aromatic rings. The molecule has 3 N–H and O–H groups in total. The third-order valence-electron chi connectivity index (χ3n) is 5.00. The first-order chi connectivity index (χ1) is 14.9. The van der Waals surface area contributed by atoms with E-state index in [1.165, 1.54) is 17.5 Å². The van der Waals surface area contributed by atoms with Crippen molar-refractivity contribution in [3.05, 3.63) is 70.9 Å². The maximum Gasteiger partial charge on any atom is 0.322 e. The lowest BCUT2D eigenvalue weighted by molar-refractivity contribution is -0.135. The van der Waals surface area contributed by atoms with E-state index >= 15 is 0 Å². The van der Waals surface area contributed by atoms with E-state index < -0.39 is 18.4 Å². The minimum Gasteiger partial charge on any atom is -0.480 e. The molecule has 0 aliphatic carbocycles. The highest BCUT2D eigenvalue weighted by atomic mass is 32.1. The minimum absolute atomic E-state index is 0.381. The van der Waals surface area contributed by atoms with Crippen LogP contribution in [-0.2, 0) is 4.79 Å². The molecule has 0 radical (unpaired) electrons. The number of carbonyl (C=O) groups is 2. The second-order valence-electron chi connectivity index (χ2n) is 7.13. The van der Waals surface area contributed by atoms with Gasteiger partial charge in [-0.3, -0.25) is 9.59 Å². The summed E-state index contributed by atoms with van der Waals surface area (Å²) in [7, 11) is 0. The van der Waals surface area contributed by atoms with E-state index in [1.807, 2.05) is 0 Å². The van der Waals surface area contributed by atoms with Crippen LogP contribution in [0.25, 0.3) is 21.3 Å². The maximum absolute atomic E-state index is 12.0. The molecule has 0 spiro atoms. The van der Waals surface area contributed by atoms with Gasteiger partial charge in [-0.15, -0.1) is 11.3 Å². The van der Waals surface area contributed by atoms with Crippen LogP contribution in [0.3, 0.4) is 0 Å². The topological polar surface area (TPSA) is 104 Å². The van der Waals surface area contributed by atoms with Crippen LogP contribution in [0.15, 0.2) is 54.2 Å². The number of fused-ring (bicyclic) bond motifs is 1. The predicted molar refractivity (Wildman–Crippen MR) is 122 cm³/mol. The van der Waals surface area contributed by atoms with Crippen molar-refractivity contribution in [2.24, 2.45) is 0 Å². The first-order valence-corrected chi connectivity index (χ1v) is 10.5. The highest BCUT2D eigenvalue weighted by Crippen LogP contribution is 2.37. The van der Waals surface area contributed by atoms with E-state index in [-0.39, 0.29) is 0 Å². The van der Waals surface area contributed by atoms with Gasteiger partial charge >= 0.3 is 5.97 Å². The lowest BCUT2D eigenvalue weighted by Gasteiger charge is -2.10. The summed E-state index contributed by atoms with van der Waals surface area (Å²) in [5.41, 5.74) is 5.77. The van der Waals surface area contributed by atoms with E-state index in [0.29, 0.717) is 11.4 Å². The number of anilines is 2. The molecule has 7 nitrogen and oxygen atoms in total. The number of aliphatic carboxylic acids is 1. The zero-order valence-electron chi connectivity index (χ0n) is 17.0. The third-order valence-corrected chi connectivity index (χ3v) is 5.88. The minimum atomic E-state index is -1.09. The van der Waals surface area contributed by atoms with Gasteiger partial charge in [0, 0.05) is 22.2 Å². The van der Waals surface area contributed by atoms with Crippen LogP contribution in [0.2, 0.25) is 0 Å². The molecular weight excluding hydrogens is 412 g/mol. The maximum atomic E-state index is 12.0. The van der Waals surface area contributed by atoms with Gasteiger partial charge in [-0.25, -0.2) is 9.97 Å². The second-order valence-corrected chi connectivity index (χ2v) is 7.99. The van der Waals surface area contributed by atoms with Gasteiger partial charge in [-0.2, -0.15) is 0 Å². The Morgan fingerprint density at radius 2 is 1.81 bits per heavy atom. The number of aromatic nitrogens is 2. The SMILES string of the molecule is Cc1ccc(-c2csc3ncnc(Nc4ccc(C(=O)NCC(=O)O)cc4)c23)cc1C. The molecule has 0 unspecified atom stereocenters. The van der Waals surface area contributed by atoms with Crippen molar-refractivity contribution < 1.29 is 14.7 Å². The van der Waals surface area contributed by atoms with Gasteiger partial charge in [0.1, 0.15) is 23.5 Å². The van der Waals surface area contributed by atoms with Gasteiger partial charge in [0.15, 0.2) is 0 Å². The largest absolute Gasteiger partial charge is 0.480 e. The van der Waals surface area contributed by atoms with Gasteiger partial charge in [0.25, 0.3) is 5.91 Å². The summed E-state index contributed by atoms with van der Waals surface area (Å²) in [5.74, 6) is -0.842. The average molecular weight is 433 g/mol. The summed E-state index contributed by atoms with van der Waals surface area (Å²) in [5, 5.41) is 17.4. The number of hydrogen-bond acceptors (Lipinski definition) is 6. The Hall–Kier alpha value is -3.78. The number of benzene rings is 2. The van der Waals surface area contributed by atoms with Crippen molar-refractivity contribution in [1.82, 2.24) is 15.3 Å². The number of carboxylic acid groups (broad SMARTS) is 1. The number of amides is 1. The Morgan fingerprint density at radius 3 is 2.52 bits per heavy atom. The summed E-state index contributed by atoms with van der Waals surface area (Å²) in [6.07, 6.45) is 1.53. The van der Waals surface area contributed by atoms with E-state index in [9.17, 15) is 9.59 Å². The molecule has 2 aromatic heterocycles. The summed E-state index contributed by atoms with van der Waals surface area (Å²) in [6, 6.07) is 13.2. The van der Waals surface area contributed by atoms with Crippen LogP contribution in [-0.4, -0.2) is 33.5 Å². The molecule has 0 aliphatic rings. The van der Waals surface area contributed by atoms with Gasteiger partial charge in [0.2, 0.25) is 0 Å². The highest BCUT2D eigenvalue weighted by Gasteiger charge is 2.14. The van der Waals surface area contributed by atoms with Crippen LogP contribution in [0.1, 0.15) is 21.5 Å². The van der Waals surface area contributed by atoms with Crippen LogP contribution in [0.5, 0.6) is 0 Å². The van der Waals surface area contributed by atoms with Crippen molar-refractivity contribution >= 4 is 44.9 Å². The number of nitrogens with one attached hydrogen (secondary N) is 2. The number of rotatable bonds is 6. The number of nitrogens with zero attached hydrogens (tertiary/aromatic N) is 2. The van der Waals surface area contributed by atoms with E-state index in [2.05, 4.69) is 58.0 Å². The average Bonchev–Trinajstić information content (AvgIpc) is 3.20. The number of hydrogen-bond donors (Lipinski definition) is 3. The molecule has 0 aliphatic heterocycles. The van der Waals surface area contributed by atoms with Crippen LogP contribution >= 0.6 is 11.3 Å². The Morgan fingerprint density at radius 1 is 1.03 bits per heavy atom. The molecule has 156 valence electrons. The van der Waals surface area contributed by atoms with E-state index in [4.69, 9.17) is 5.11 Å². The van der Waals surface area contributed by atoms with Crippen molar-refractivity contribution in [3.63, 3.8) is 0 Å². The zero-order chi connectivity index (χ0) is 22.0. The van der Waals surface area contributed by atoms with Crippen LogP contribution in [0, 0.1) is 13.8 Å². The Kier molecular flexibility index (Phi) is 5.64. The Bertz CT molecular complexity index is 1280. The molecule has 0 bridgehead atoms. The summed E-state index contributed by atoms with van der Waals surface area (Å²) >= 11 is 1.57. The lowest BCUT2D eigenvalue weighted by atomic mass is 10.0. The molecule has 0 atom stereocenters. The van der Waals surface area contributed by atoms with Crippen molar-refractivity contribution in [2.75, 3.05) is 11.9 Å². The fourth-order valence-corrected chi connectivity index (χ4v) is 4.11. The number of carbonyl (C=O) groups excluding carboxylic acids is 1. The van der Waals surface area contributed by atoms with Gasteiger partial charge in [-0.1, -0.05) is 18.2 Å².